The van der Waals surface area contributed by atoms with Crippen LogP contribution in [0.2, 0.25) is 0 Å². The predicted octanol–water partition coefficient (Wildman–Crippen LogP) is 2.32. The number of amides is 1. The van der Waals surface area contributed by atoms with Gasteiger partial charge >= 0.3 is 0 Å². The standard InChI is InChI=1S/C19H25N3O3S/c20-12-15-6-8-16(9-7-15)21-13-19(23)22(17-4-2-1-3-5-17)18-10-11-26(24,25)14-18/h6-9,17-18,21H,1-5,10-11,13-14H2. The highest BCUT2D eigenvalue weighted by molar-refractivity contribution is 7.91. The largest absolute Gasteiger partial charge is 0.376 e. The Hall–Kier alpha value is -2.07. The third kappa shape index (κ3) is 4.55. The Morgan fingerprint density at radius 3 is 2.38 bits per heavy atom. The molecule has 0 bridgehead atoms. The van der Waals surface area contributed by atoms with Crippen molar-refractivity contribution in [2.45, 2.75) is 50.6 Å². The maximum atomic E-state index is 13.0. The maximum Gasteiger partial charge on any atom is 0.242 e. The molecule has 2 aliphatic rings. The van der Waals surface area contributed by atoms with Gasteiger partial charge in [-0.3, -0.25) is 4.79 Å². The number of benzene rings is 1. The van der Waals surface area contributed by atoms with Gasteiger partial charge in [0.2, 0.25) is 5.91 Å². The number of nitrogens with zero attached hydrogens (tertiary/aromatic N) is 2. The molecule has 1 saturated heterocycles. The van der Waals surface area contributed by atoms with E-state index in [4.69, 9.17) is 5.26 Å². The molecule has 1 aliphatic heterocycles. The van der Waals surface area contributed by atoms with Gasteiger partial charge in [-0.25, -0.2) is 8.42 Å². The number of hydrogen-bond acceptors (Lipinski definition) is 5. The Labute approximate surface area is 155 Å². The van der Waals surface area contributed by atoms with Gasteiger partial charge in [0.25, 0.3) is 0 Å². The van der Waals surface area contributed by atoms with E-state index in [0.29, 0.717) is 12.0 Å². The molecular weight excluding hydrogens is 350 g/mol. The molecule has 1 aromatic rings. The SMILES string of the molecule is N#Cc1ccc(NCC(=O)N(C2CCCCC2)C2CCS(=O)(=O)C2)cc1. The monoisotopic (exact) mass is 375 g/mol. The van der Waals surface area contributed by atoms with Crippen LogP contribution in [0, 0.1) is 11.3 Å². The molecule has 0 radical (unpaired) electrons. The van der Waals surface area contributed by atoms with Gasteiger partial charge in [-0.05, 0) is 43.5 Å². The van der Waals surface area contributed by atoms with E-state index in [1.54, 1.807) is 24.3 Å². The van der Waals surface area contributed by atoms with Crippen molar-refractivity contribution in [3.8, 4) is 6.07 Å². The predicted molar refractivity (Wildman–Crippen MR) is 100 cm³/mol. The average molecular weight is 375 g/mol. The third-order valence-corrected chi connectivity index (χ3v) is 7.07. The van der Waals surface area contributed by atoms with Gasteiger partial charge in [-0.1, -0.05) is 19.3 Å². The van der Waals surface area contributed by atoms with Crippen LogP contribution in [0.5, 0.6) is 0 Å². The van der Waals surface area contributed by atoms with Crippen LogP contribution in [0.15, 0.2) is 24.3 Å². The fourth-order valence-corrected chi connectivity index (χ4v) is 5.70. The van der Waals surface area contributed by atoms with Crippen molar-refractivity contribution in [1.82, 2.24) is 4.90 Å². The van der Waals surface area contributed by atoms with Crippen LogP contribution in [-0.2, 0) is 14.6 Å². The highest BCUT2D eigenvalue weighted by atomic mass is 32.2. The first kappa shape index (κ1) is 18.7. The van der Waals surface area contributed by atoms with E-state index in [0.717, 1.165) is 31.4 Å². The topological polar surface area (TPSA) is 90.3 Å². The second-order valence-electron chi connectivity index (χ2n) is 7.19. The van der Waals surface area contributed by atoms with Crippen LogP contribution in [0.3, 0.4) is 0 Å². The van der Waals surface area contributed by atoms with Gasteiger partial charge < -0.3 is 10.2 Å². The summed E-state index contributed by atoms with van der Waals surface area (Å²) in [4.78, 5) is 14.8. The number of carbonyl (C=O) groups is 1. The highest BCUT2D eigenvalue weighted by Crippen LogP contribution is 2.28. The van der Waals surface area contributed by atoms with E-state index in [9.17, 15) is 13.2 Å². The van der Waals surface area contributed by atoms with E-state index in [2.05, 4.69) is 11.4 Å². The summed E-state index contributed by atoms with van der Waals surface area (Å²) >= 11 is 0. The molecule has 6 nitrogen and oxygen atoms in total. The molecule has 26 heavy (non-hydrogen) atoms. The van der Waals surface area contributed by atoms with E-state index < -0.39 is 9.84 Å². The van der Waals surface area contributed by atoms with Crippen molar-refractivity contribution in [3.05, 3.63) is 29.8 Å². The lowest BCUT2D eigenvalue weighted by molar-refractivity contribution is -0.134. The maximum absolute atomic E-state index is 13.0. The summed E-state index contributed by atoms with van der Waals surface area (Å²) in [5.74, 6) is 0.229. The zero-order valence-electron chi connectivity index (χ0n) is 14.9. The number of nitriles is 1. The number of rotatable bonds is 5. The summed E-state index contributed by atoms with van der Waals surface area (Å²) < 4.78 is 23.8. The van der Waals surface area contributed by atoms with Crippen LogP contribution in [0.4, 0.5) is 5.69 Å². The number of nitrogens with one attached hydrogen (secondary N) is 1. The molecule has 1 amide bonds. The average Bonchev–Trinajstić information content (AvgIpc) is 3.01. The lowest BCUT2D eigenvalue weighted by atomic mass is 9.93. The van der Waals surface area contributed by atoms with Crippen molar-refractivity contribution in [1.29, 1.82) is 5.26 Å². The Balaban J connectivity index is 1.68. The Bertz CT molecular complexity index is 777. The molecule has 7 heteroatoms. The van der Waals surface area contributed by atoms with Gasteiger partial charge in [0.05, 0.1) is 29.7 Å². The van der Waals surface area contributed by atoms with E-state index >= 15 is 0 Å². The fraction of sp³-hybridized carbons (Fsp3) is 0.579. The van der Waals surface area contributed by atoms with Crippen molar-refractivity contribution in [2.24, 2.45) is 0 Å². The summed E-state index contributed by atoms with van der Waals surface area (Å²) in [6, 6.07) is 8.98. The molecule has 2 fully saturated rings. The zero-order chi connectivity index (χ0) is 18.6. The van der Waals surface area contributed by atoms with Crippen molar-refractivity contribution in [3.63, 3.8) is 0 Å². The van der Waals surface area contributed by atoms with Crippen molar-refractivity contribution >= 4 is 21.4 Å². The van der Waals surface area contributed by atoms with Gasteiger partial charge in [0, 0.05) is 17.8 Å². The second-order valence-corrected chi connectivity index (χ2v) is 9.42. The Kier molecular flexibility index (Phi) is 5.82. The summed E-state index contributed by atoms with van der Waals surface area (Å²) in [5, 5.41) is 12.0. The van der Waals surface area contributed by atoms with E-state index in [1.165, 1.54) is 6.42 Å². The van der Waals surface area contributed by atoms with Gasteiger partial charge in [-0.2, -0.15) is 5.26 Å². The minimum atomic E-state index is -3.03. The fourth-order valence-electron chi connectivity index (χ4n) is 3.99. The summed E-state index contributed by atoms with van der Waals surface area (Å²) in [7, 11) is -3.03. The molecule has 1 unspecified atom stereocenters. The molecule has 3 rings (SSSR count). The summed E-state index contributed by atoms with van der Waals surface area (Å²) in [6.45, 7) is 0.138. The molecule has 140 valence electrons. The first-order valence-corrected chi connectivity index (χ1v) is 11.1. The van der Waals surface area contributed by atoms with Crippen LogP contribution in [0.25, 0.3) is 0 Å². The normalized spacial score (nSPS) is 22.5. The molecule has 1 heterocycles. The highest BCUT2D eigenvalue weighted by Gasteiger charge is 2.38. The second kappa shape index (κ2) is 8.09. The van der Waals surface area contributed by atoms with Gasteiger partial charge in [-0.15, -0.1) is 0 Å². The molecule has 1 N–H and O–H groups in total. The number of sulfone groups is 1. The smallest absolute Gasteiger partial charge is 0.242 e. The minimum absolute atomic E-state index is 0.0386. The van der Waals surface area contributed by atoms with Crippen LogP contribution < -0.4 is 5.32 Å². The van der Waals surface area contributed by atoms with E-state index in [-0.39, 0.29) is 36.0 Å². The number of anilines is 1. The summed E-state index contributed by atoms with van der Waals surface area (Å²) in [5.41, 5.74) is 1.35. The quantitative estimate of drug-likeness (QED) is 0.853. The third-order valence-electron chi connectivity index (χ3n) is 5.32. The Morgan fingerprint density at radius 1 is 1.12 bits per heavy atom. The van der Waals surface area contributed by atoms with Crippen LogP contribution in [0.1, 0.15) is 44.1 Å². The first-order chi connectivity index (χ1) is 12.5. The van der Waals surface area contributed by atoms with Crippen molar-refractivity contribution in [2.75, 3.05) is 23.4 Å². The molecule has 1 aromatic carbocycles. The van der Waals surface area contributed by atoms with Crippen molar-refractivity contribution < 1.29 is 13.2 Å². The lowest BCUT2D eigenvalue weighted by Crippen LogP contribution is -2.50. The first-order valence-electron chi connectivity index (χ1n) is 9.24. The van der Waals surface area contributed by atoms with Gasteiger partial charge in [0.15, 0.2) is 9.84 Å². The molecule has 1 aliphatic carbocycles. The Morgan fingerprint density at radius 2 is 1.81 bits per heavy atom. The van der Waals surface area contributed by atoms with E-state index in [1.807, 2.05) is 4.90 Å². The molecule has 1 saturated carbocycles. The zero-order valence-corrected chi connectivity index (χ0v) is 15.7. The van der Waals surface area contributed by atoms with Gasteiger partial charge in [0.1, 0.15) is 0 Å². The van der Waals surface area contributed by atoms with Crippen LogP contribution >= 0.6 is 0 Å². The number of carbonyl (C=O) groups excluding carboxylic acids is 1. The van der Waals surface area contributed by atoms with Crippen LogP contribution in [-0.4, -0.2) is 49.4 Å². The summed E-state index contributed by atoms with van der Waals surface area (Å²) in [6.07, 6.45) is 5.83. The number of hydrogen-bond donors (Lipinski definition) is 1. The lowest BCUT2D eigenvalue weighted by Gasteiger charge is -2.38. The molecule has 0 aromatic heterocycles. The molecule has 0 spiro atoms. The minimum Gasteiger partial charge on any atom is -0.376 e. The molecule has 1 atom stereocenters. The molecular formula is C19H25N3O3S.